The van der Waals surface area contributed by atoms with Gasteiger partial charge in [-0.3, -0.25) is 0 Å². The van der Waals surface area contributed by atoms with Crippen molar-refractivity contribution < 1.29 is 9.50 Å². The summed E-state index contributed by atoms with van der Waals surface area (Å²) in [7, 11) is 0. The highest BCUT2D eigenvalue weighted by Crippen LogP contribution is 2.47. The Kier molecular flexibility index (Phi) is 4.00. The molecule has 0 aliphatic heterocycles. The standard InChI is InChI=1S/C22H21FN2O/c1-15-12-20-17(14-24-25(20)19-10-8-18(23)9-11-19)13-22(15,2)21(26)16-6-4-3-5-7-16/h3-12,14,21,26H,13H2,1-2H3/t21?,22-/m1/s1. The van der Waals surface area contributed by atoms with Crippen LogP contribution in [0.3, 0.4) is 0 Å². The zero-order valence-corrected chi connectivity index (χ0v) is 14.9. The third-order valence-corrected chi connectivity index (χ3v) is 5.49. The van der Waals surface area contributed by atoms with Gasteiger partial charge in [0.2, 0.25) is 0 Å². The zero-order valence-electron chi connectivity index (χ0n) is 14.9. The maximum atomic E-state index is 13.2. The molecule has 0 spiro atoms. The lowest BCUT2D eigenvalue weighted by Gasteiger charge is -2.38. The van der Waals surface area contributed by atoms with Gasteiger partial charge in [-0.15, -0.1) is 0 Å². The summed E-state index contributed by atoms with van der Waals surface area (Å²) in [5.74, 6) is -0.264. The minimum Gasteiger partial charge on any atom is -0.387 e. The molecule has 2 atom stereocenters. The molecule has 0 saturated heterocycles. The van der Waals surface area contributed by atoms with Crippen molar-refractivity contribution in [3.8, 4) is 5.69 Å². The number of nitrogens with zero attached hydrogens (tertiary/aromatic N) is 2. The van der Waals surface area contributed by atoms with Gasteiger partial charge in [0.15, 0.2) is 0 Å². The molecule has 3 aromatic rings. The van der Waals surface area contributed by atoms with Crippen LogP contribution in [0.15, 0.2) is 66.4 Å². The average molecular weight is 348 g/mol. The van der Waals surface area contributed by atoms with Crippen LogP contribution < -0.4 is 0 Å². The Morgan fingerprint density at radius 1 is 1.12 bits per heavy atom. The van der Waals surface area contributed by atoms with Crippen molar-refractivity contribution in [2.24, 2.45) is 5.41 Å². The van der Waals surface area contributed by atoms with Crippen molar-refractivity contribution in [2.45, 2.75) is 26.4 Å². The molecule has 0 radical (unpaired) electrons. The van der Waals surface area contributed by atoms with Gasteiger partial charge in [-0.05, 0) is 54.8 Å². The van der Waals surface area contributed by atoms with Crippen LogP contribution in [-0.2, 0) is 6.42 Å². The molecule has 0 bridgehead atoms. The molecule has 1 aliphatic carbocycles. The largest absolute Gasteiger partial charge is 0.387 e. The fraction of sp³-hybridized carbons (Fsp3) is 0.227. The van der Waals surface area contributed by atoms with Crippen LogP contribution in [0.25, 0.3) is 11.8 Å². The van der Waals surface area contributed by atoms with Gasteiger partial charge in [-0.2, -0.15) is 5.10 Å². The first-order chi connectivity index (χ1) is 12.5. The number of aliphatic hydroxyl groups excluding tert-OH is 1. The van der Waals surface area contributed by atoms with Crippen LogP contribution in [0.2, 0.25) is 0 Å². The van der Waals surface area contributed by atoms with Gasteiger partial charge in [-0.25, -0.2) is 9.07 Å². The minimum atomic E-state index is -0.595. The van der Waals surface area contributed by atoms with Gasteiger partial charge in [0.05, 0.1) is 23.7 Å². The van der Waals surface area contributed by atoms with Crippen molar-refractivity contribution in [1.82, 2.24) is 9.78 Å². The molecule has 3 nitrogen and oxygen atoms in total. The second-order valence-corrected chi connectivity index (χ2v) is 7.18. The first-order valence-electron chi connectivity index (χ1n) is 8.74. The van der Waals surface area contributed by atoms with Crippen molar-refractivity contribution in [1.29, 1.82) is 0 Å². The van der Waals surface area contributed by atoms with Gasteiger partial charge < -0.3 is 5.11 Å². The summed E-state index contributed by atoms with van der Waals surface area (Å²) in [6, 6.07) is 16.1. The van der Waals surface area contributed by atoms with Crippen LogP contribution in [-0.4, -0.2) is 14.9 Å². The van der Waals surface area contributed by atoms with Crippen LogP contribution in [0.1, 0.15) is 36.8 Å². The molecule has 2 aromatic carbocycles. The summed E-state index contributed by atoms with van der Waals surface area (Å²) >= 11 is 0. The number of aliphatic hydroxyl groups is 1. The Hall–Kier alpha value is -2.72. The van der Waals surface area contributed by atoms with E-state index >= 15 is 0 Å². The van der Waals surface area contributed by atoms with Crippen molar-refractivity contribution >= 4 is 6.08 Å². The molecule has 0 fully saturated rings. The van der Waals surface area contributed by atoms with E-state index in [2.05, 4.69) is 25.0 Å². The number of aromatic nitrogens is 2. The summed E-state index contributed by atoms with van der Waals surface area (Å²) < 4.78 is 15.0. The predicted molar refractivity (Wildman–Crippen MR) is 100 cm³/mol. The number of hydrogen-bond acceptors (Lipinski definition) is 2. The third kappa shape index (κ3) is 2.67. The van der Waals surface area contributed by atoms with Crippen LogP contribution >= 0.6 is 0 Å². The highest BCUT2D eigenvalue weighted by atomic mass is 19.1. The molecule has 0 amide bonds. The van der Waals surface area contributed by atoms with Crippen LogP contribution in [0.4, 0.5) is 4.39 Å². The quantitative estimate of drug-likeness (QED) is 0.744. The van der Waals surface area contributed by atoms with Gasteiger partial charge in [0, 0.05) is 5.41 Å². The van der Waals surface area contributed by atoms with Gasteiger partial charge in [0.25, 0.3) is 0 Å². The fourth-order valence-corrected chi connectivity index (χ4v) is 3.69. The molecule has 1 heterocycles. The van der Waals surface area contributed by atoms with Crippen molar-refractivity contribution in [2.75, 3.05) is 0 Å². The molecule has 4 rings (SSSR count). The van der Waals surface area contributed by atoms with Gasteiger partial charge in [-0.1, -0.05) is 42.8 Å². The Morgan fingerprint density at radius 3 is 2.50 bits per heavy atom. The lowest BCUT2D eigenvalue weighted by molar-refractivity contribution is 0.0615. The van der Waals surface area contributed by atoms with E-state index in [1.807, 2.05) is 41.2 Å². The van der Waals surface area contributed by atoms with Crippen LogP contribution in [0.5, 0.6) is 0 Å². The van der Waals surface area contributed by atoms with E-state index in [4.69, 9.17) is 0 Å². The molecule has 4 heteroatoms. The molecule has 1 unspecified atom stereocenters. The summed E-state index contributed by atoms with van der Waals surface area (Å²) in [6.45, 7) is 4.14. The lowest BCUT2D eigenvalue weighted by atomic mass is 9.68. The lowest BCUT2D eigenvalue weighted by Crippen LogP contribution is -2.32. The molecule has 132 valence electrons. The van der Waals surface area contributed by atoms with E-state index in [0.717, 1.165) is 28.1 Å². The van der Waals surface area contributed by atoms with Gasteiger partial charge in [0.1, 0.15) is 5.82 Å². The van der Waals surface area contributed by atoms with E-state index in [-0.39, 0.29) is 5.82 Å². The Balaban J connectivity index is 1.73. The second kappa shape index (κ2) is 6.22. The first kappa shape index (κ1) is 16.7. The number of hydrogen-bond donors (Lipinski definition) is 1. The average Bonchev–Trinajstić information content (AvgIpc) is 3.05. The van der Waals surface area contributed by atoms with E-state index in [9.17, 15) is 9.50 Å². The van der Waals surface area contributed by atoms with E-state index in [0.29, 0.717) is 6.42 Å². The summed E-state index contributed by atoms with van der Waals surface area (Å²) in [5.41, 5.74) is 4.51. The number of halogens is 1. The van der Waals surface area contributed by atoms with E-state index in [1.54, 1.807) is 12.1 Å². The maximum Gasteiger partial charge on any atom is 0.123 e. The van der Waals surface area contributed by atoms with E-state index < -0.39 is 11.5 Å². The minimum absolute atomic E-state index is 0.264. The van der Waals surface area contributed by atoms with Gasteiger partial charge >= 0.3 is 0 Å². The number of fused-ring (bicyclic) bond motifs is 1. The molecule has 0 saturated carbocycles. The number of benzene rings is 2. The third-order valence-electron chi connectivity index (χ3n) is 5.49. The summed E-state index contributed by atoms with van der Waals surface area (Å²) in [4.78, 5) is 0. The van der Waals surface area contributed by atoms with Crippen LogP contribution in [0, 0.1) is 11.2 Å². The Morgan fingerprint density at radius 2 is 1.81 bits per heavy atom. The maximum absolute atomic E-state index is 13.2. The molecular weight excluding hydrogens is 327 g/mol. The smallest absolute Gasteiger partial charge is 0.123 e. The highest BCUT2D eigenvalue weighted by Gasteiger charge is 2.39. The molecular formula is C22H21FN2O. The molecule has 1 aliphatic rings. The second-order valence-electron chi connectivity index (χ2n) is 7.18. The van der Waals surface area contributed by atoms with E-state index in [1.165, 1.54) is 12.1 Å². The predicted octanol–water partition coefficient (Wildman–Crippen LogP) is 4.71. The van der Waals surface area contributed by atoms with Crippen molar-refractivity contribution in [3.05, 3.63) is 89.0 Å². The number of rotatable bonds is 3. The Bertz CT molecular complexity index is 960. The summed E-state index contributed by atoms with van der Waals surface area (Å²) in [5, 5.41) is 15.5. The normalized spacial score (nSPS) is 20.4. The zero-order chi connectivity index (χ0) is 18.3. The molecule has 1 aromatic heterocycles. The SMILES string of the molecule is CC1=Cc2c(cnn2-c2ccc(F)cc2)C[C@@]1(C)C(O)c1ccccc1. The monoisotopic (exact) mass is 348 g/mol. The Labute approximate surface area is 152 Å². The fourth-order valence-electron chi connectivity index (χ4n) is 3.69. The first-order valence-corrected chi connectivity index (χ1v) is 8.74. The topological polar surface area (TPSA) is 38.0 Å². The van der Waals surface area contributed by atoms with Crippen molar-refractivity contribution in [3.63, 3.8) is 0 Å². The highest BCUT2D eigenvalue weighted by molar-refractivity contribution is 5.60. The summed E-state index contributed by atoms with van der Waals surface area (Å²) in [6.07, 6.45) is 4.03. The molecule has 26 heavy (non-hydrogen) atoms. The molecule has 1 N–H and O–H groups in total.